The molecule has 2 heterocycles. The lowest BCUT2D eigenvalue weighted by Crippen LogP contribution is -2.17. The number of benzene rings is 3. The van der Waals surface area contributed by atoms with Crippen molar-refractivity contribution in [3.63, 3.8) is 0 Å². The quantitative estimate of drug-likeness (QED) is 0.192. The minimum absolute atomic E-state index is 0.00755. The van der Waals surface area contributed by atoms with Gasteiger partial charge in [-0.2, -0.15) is 0 Å². The van der Waals surface area contributed by atoms with Gasteiger partial charge in [-0.15, -0.1) is 10.2 Å². The van der Waals surface area contributed by atoms with Gasteiger partial charge in [0.25, 0.3) is 0 Å². The van der Waals surface area contributed by atoms with Gasteiger partial charge in [0, 0.05) is 24.1 Å². The van der Waals surface area contributed by atoms with Crippen molar-refractivity contribution in [3.05, 3.63) is 77.9 Å². The van der Waals surface area contributed by atoms with Gasteiger partial charge in [-0.25, -0.2) is 9.78 Å². The van der Waals surface area contributed by atoms with Crippen LogP contribution < -0.4 is 14.8 Å². The van der Waals surface area contributed by atoms with Crippen LogP contribution in [-0.4, -0.2) is 58.7 Å². The van der Waals surface area contributed by atoms with Gasteiger partial charge in [-0.1, -0.05) is 60.3 Å². The Labute approximate surface area is 234 Å². The minimum atomic E-state index is -0.620. The standard InChI is InChI=1S/C29H27N5O5S/c1-37-23-15-20(28(36)39-3)21(16-24(23)38-2)30-25(35)17-40-29-31-27-26(32-33-29)19-11-7-8-12-22(19)34(27)14-13-18-9-5-4-6-10-18/h4-12,15-16H,13-14,17H2,1-3H3,(H,30,35). The number of nitrogens with one attached hydrogen (secondary N) is 1. The van der Waals surface area contributed by atoms with E-state index in [-0.39, 0.29) is 22.9 Å². The van der Waals surface area contributed by atoms with Gasteiger partial charge >= 0.3 is 5.97 Å². The molecule has 0 saturated carbocycles. The number of anilines is 1. The number of carbonyl (C=O) groups is 2. The highest BCUT2D eigenvalue weighted by Crippen LogP contribution is 2.34. The Morgan fingerprint density at radius 2 is 1.65 bits per heavy atom. The Kier molecular flexibility index (Phi) is 8.11. The number of para-hydroxylation sites is 1. The predicted molar refractivity (Wildman–Crippen MR) is 153 cm³/mol. The summed E-state index contributed by atoms with van der Waals surface area (Å²) in [6.45, 7) is 0.715. The molecule has 1 N–H and O–H groups in total. The Bertz CT molecular complexity index is 1690. The van der Waals surface area contributed by atoms with Gasteiger partial charge in [0.1, 0.15) is 5.52 Å². The van der Waals surface area contributed by atoms with Gasteiger partial charge in [0.15, 0.2) is 17.1 Å². The number of carbonyl (C=O) groups excluding carboxylic acids is 2. The number of hydrogen-bond acceptors (Lipinski definition) is 9. The summed E-state index contributed by atoms with van der Waals surface area (Å²) in [6, 6.07) is 21.3. The lowest BCUT2D eigenvalue weighted by molar-refractivity contribution is -0.113. The molecule has 0 fully saturated rings. The summed E-state index contributed by atoms with van der Waals surface area (Å²) in [7, 11) is 4.19. The average molecular weight is 558 g/mol. The Morgan fingerprint density at radius 1 is 0.925 bits per heavy atom. The topological polar surface area (TPSA) is 117 Å². The van der Waals surface area contributed by atoms with Crippen LogP contribution in [0.2, 0.25) is 0 Å². The minimum Gasteiger partial charge on any atom is -0.493 e. The summed E-state index contributed by atoms with van der Waals surface area (Å²) in [5, 5.41) is 12.8. The number of thioether (sulfide) groups is 1. The third kappa shape index (κ3) is 5.55. The van der Waals surface area contributed by atoms with Crippen molar-refractivity contribution in [1.82, 2.24) is 19.7 Å². The molecule has 0 aliphatic rings. The summed E-state index contributed by atoms with van der Waals surface area (Å²) < 4.78 is 17.6. The molecule has 0 bridgehead atoms. The molecule has 5 rings (SSSR count). The number of methoxy groups -OCH3 is 3. The van der Waals surface area contributed by atoms with E-state index in [0.717, 1.165) is 29.1 Å². The molecular weight excluding hydrogens is 530 g/mol. The highest BCUT2D eigenvalue weighted by Gasteiger charge is 2.20. The summed E-state index contributed by atoms with van der Waals surface area (Å²) in [5.41, 5.74) is 4.06. The number of esters is 1. The smallest absolute Gasteiger partial charge is 0.340 e. The second kappa shape index (κ2) is 12.0. The highest BCUT2D eigenvalue weighted by molar-refractivity contribution is 7.99. The van der Waals surface area contributed by atoms with Gasteiger partial charge in [-0.3, -0.25) is 4.79 Å². The van der Waals surface area contributed by atoms with Crippen LogP contribution >= 0.6 is 11.8 Å². The van der Waals surface area contributed by atoms with Crippen LogP contribution in [0.4, 0.5) is 5.69 Å². The van der Waals surface area contributed by atoms with E-state index in [0.29, 0.717) is 34.4 Å². The van der Waals surface area contributed by atoms with Gasteiger partial charge < -0.3 is 24.1 Å². The molecule has 0 unspecified atom stereocenters. The third-order valence-corrected chi connectivity index (χ3v) is 7.19. The number of aryl methyl sites for hydroxylation is 2. The van der Waals surface area contributed by atoms with Gasteiger partial charge in [0.2, 0.25) is 11.1 Å². The molecule has 10 nitrogen and oxygen atoms in total. The number of amides is 1. The molecule has 3 aromatic carbocycles. The van der Waals surface area contributed by atoms with Crippen LogP contribution in [0.3, 0.4) is 0 Å². The average Bonchev–Trinajstić information content (AvgIpc) is 3.31. The molecule has 0 spiro atoms. The first kappa shape index (κ1) is 26.9. The summed E-state index contributed by atoms with van der Waals surface area (Å²) in [4.78, 5) is 30.0. The number of rotatable bonds is 10. The Hall–Kier alpha value is -4.64. The van der Waals surface area contributed by atoms with E-state index < -0.39 is 5.97 Å². The number of aromatic nitrogens is 4. The van der Waals surface area contributed by atoms with Crippen LogP contribution in [0.25, 0.3) is 22.1 Å². The normalized spacial score (nSPS) is 11.0. The molecule has 0 atom stereocenters. The molecule has 0 saturated heterocycles. The van der Waals surface area contributed by atoms with E-state index in [1.54, 1.807) is 0 Å². The fourth-order valence-corrected chi connectivity index (χ4v) is 5.02. The zero-order valence-corrected chi connectivity index (χ0v) is 23.0. The second-order valence-electron chi connectivity index (χ2n) is 8.75. The fraction of sp³-hybridized carbons (Fsp3) is 0.207. The number of nitrogens with zero attached hydrogens (tertiary/aromatic N) is 4. The van der Waals surface area contributed by atoms with Crippen molar-refractivity contribution in [3.8, 4) is 11.5 Å². The van der Waals surface area contributed by atoms with Crippen LogP contribution in [0, 0.1) is 0 Å². The summed E-state index contributed by atoms with van der Waals surface area (Å²) in [6.07, 6.45) is 0.831. The second-order valence-corrected chi connectivity index (χ2v) is 9.69. The lowest BCUT2D eigenvalue weighted by atomic mass is 10.1. The largest absolute Gasteiger partial charge is 0.493 e. The Morgan fingerprint density at radius 3 is 2.40 bits per heavy atom. The molecule has 0 aliphatic carbocycles. The third-order valence-electron chi connectivity index (χ3n) is 6.36. The molecule has 0 radical (unpaired) electrons. The first-order valence-corrected chi connectivity index (χ1v) is 13.4. The van der Waals surface area contributed by atoms with Crippen molar-refractivity contribution in [2.24, 2.45) is 0 Å². The van der Waals surface area contributed by atoms with Crippen LogP contribution in [0.15, 0.2) is 71.9 Å². The fourth-order valence-electron chi connectivity index (χ4n) is 4.44. The molecule has 2 aromatic heterocycles. The maximum Gasteiger partial charge on any atom is 0.340 e. The number of fused-ring (bicyclic) bond motifs is 3. The number of ether oxygens (including phenoxy) is 3. The first-order chi connectivity index (χ1) is 19.5. The molecular formula is C29H27N5O5S. The molecule has 204 valence electrons. The Balaban J connectivity index is 1.37. The van der Waals surface area contributed by atoms with Gasteiger partial charge in [-0.05, 0) is 18.1 Å². The van der Waals surface area contributed by atoms with Crippen LogP contribution in [0.1, 0.15) is 15.9 Å². The van der Waals surface area contributed by atoms with Crippen molar-refractivity contribution in [1.29, 1.82) is 0 Å². The highest BCUT2D eigenvalue weighted by atomic mass is 32.2. The lowest BCUT2D eigenvalue weighted by Gasteiger charge is -2.14. The van der Waals surface area contributed by atoms with Crippen molar-refractivity contribution in [2.45, 2.75) is 18.1 Å². The van der Waals surface area contributed by atoms with E-state index in [4.69, 9.17) is 19.2 Å². The summed E-state index contributed by atoms with van der Waals surface area (Å²) >= 11 is 1.15. The molecule has 0 aliphatic heterocycles. The van der Waals surface area contributed by atoms with E-state index in [1.165, 1.54) is 39.0 Å². The van der Waals surface area contributed by atoms with Crippen LogP contribution in [-0.2, 0) is 22.5 Å². The maximum absolute atomic E-state index is 12.9. The van der Waals surface area contributed by atoms with E-state index in [2.05, 4.69) is 32.2 Å². The first-order valence-electron chi connectivity index (χ1n) is 12.4. The zero-order chi connectivity index (χ0) is 28.1. The predicted octanol–water partition coefficient (Wildman–Crippen LogP) is 4.76. The molecule has 11 heteroatoms. The molecule has 5 aromatic rings. The zero-order valence-electron chi connectivity index (χ0n) is 22.2. The van der Waals surface area contributed by atoms with Gasteiger partial charge in [0.05, 0.1) is 43.8 Å². The van der Waals surface area contributed by atoms with E-state index in [1.807, 2.05) is 42.5 Å². The molecule has 40 heavy (non-hydrogen) atoms. The monoisotopic (exact) mass is 557 g/mol. The SMILES string of the molecule is COC(=O)c1cc(OC)c(OC)cc1NC(=O)CSc1nnc2c3ccccc3n(CCc3ccccc3)c2n1. The number of hydrogen-bond donors (Lipinski definition) is 1. The summed E-state index contributed by atoms with van der Waals surface area (Å²) in [5.74, 6) is -0.294. The van der Waals surface area contributed by atoms with Crippen molar-refractivity contribution in [2.75, 3.05) is 32.4 Å². The van der Waals surface area contributed by atoms with Crippen molar-refractivity contribution < 1.29 is 23.8 Å². The maximum atomic E-state index is 12.9. The van der Waals surface area contributed by atoms with Crippen molar-refractivity contribution >= 4 is 51.4 Å². The van der Waals surface area contributed by atoms with Crippen LogP contribution in [0.5, 0.6) is 11.5 Å². The van der Waals surface area contributed by atoms with E-state index in [9.17, 15) is 9.59 Å². The van der Waals surface area contributed by atoms with E-state index >= 15 is 0 Å². The molecule has 1 amide bonds.